The van der Waals surface area contributed by atoms with E-state index in [4.69, 9.17) is 5.11 Å². The van der Waals surface area contributed by atoms with Crippen molar-refractivity contribution in [3.63, 3.8) is 0 Å². The number of nitrogens with zero attached hydrogens (tertiary/aromatic N) is 3. The molecule has 3 aromatic heterocycles. The Labute approximate surface area is 129 Å². The number of hydrogen-bond donors (Lipinski definition) is 1. The molecule has 0 aliphatic carbocycles. The molecule has 1 atom stereocenters. The minimum Gasteiger partial charge on any atom is -0.481 e. The zero-order valence-electron chi connectivity index (χ0n) is 11.3. The summed E-state index contributed by atoms with van der Waals surface area (Å²) in [7, 11) is 0. The van der Waals surface area contributed by atoms with Crippen LogP contribution in [-0.2, 0) is 4.79 Å². The van der Waals surface area contributed by atoms with Gasteiger partial charge in [0.25, 0.3) is 0 Å². The van der Waals surface area contributed by atoms with E-state index in [9.17, 15) is 4.79 Å². The Morgan fingerprint density at radius 2 is 2.38 bits per heavy atom. The molecule has 1 unspecified atom stereocenters. The van der Waals surface area contributed by atoms with E-state index < -0.39 is 5.97 Å². The summed E-state index contributed by atoms with van der Waals surface area (Å²) in [6.45, 7) is 2.09. The zero-order valence-corrected chi connectivity index (χ0v) is 12.9. The fourth-order valence-electron chi connectivity index (χ4n) is 2.19. The Balaban J connectivity index is 2.08. The maximum Gasteiger partial charge on any atom is 0.313 e. The van der Waals surface area contributed by atoms with Crippen LogP contribution in [-0.4, -0.2) is 31.4 Å². The third-order valence-electron chi connectivity index (χ3n) is 3.20. The Bertz CT molecular complexity index is 768. The van der Waals surface area contributed by atoms with Gasteiger partial charge in [-0.3, -0.25) is 9.78 Å². The molecule has 7 heteroatoms. The number of imidazole rings is 1. The van der Waals surface area contributed by atoms with Gasteiger partial charge in [0.15, 0.2) is 5.16 Å². The maximum absolute atomic E-state index is 10.8. The number of thioether (sulfide) groups is 1. The Hall–Kier alpha value is -1.86. The van der Waals surface area contributed by atoms with Crippen molar-refractivity contribution in [3.05, 3.63) is 40.8 Å². The van der Waals surface area contributed by atoms with E-state index in [2.05, 4.69) is 32.9 Å². The van der Waals surface area contributed by atoms with Gasteiger partial charge in [0.2, 0.25) is 0 Å². The van der Waals surface area contributed by atoms with E-state index in [0.29, 0.717) is 5.16 Å². The fraction of sp³-hybridized carbons (Fsp3) is 0.214. The van der Waals surface area contributed by atoms with Crippen molar-refractivity contribution in [2.24, 2.45) is 0 Å². The number of thiophene rings is 1. The molecule has 0 spiro atoms. The number of rotatable bonds is 5. The van der Waals surface area contributed by atoms with Crippen LogP contribution in [0.1, 0.15) is 18.5 Å². The summed E-state index contributed by atoms with van der Waals surface area (Å²) in [5, 5.41) is 13.7. The van der Waals surface area contributed by atoms with E-state index in [1.54, 1.807) is 23.7 Å². The van der Waals surface area contributed by atoms with Crippen molar-refractivity contribution in [3.8, 4) is 0 Å². The number of pyridine rings is 1. The summed E-state index contributed by atoms with van der Waals surface area (Å²) in [6.07, 6.45) is 3.43. The molecule has 0 saturated carbocycles. The first-order chi connectivity index (χ1) is 10.2. The third-order valence-corrected chi connectivity index (χ3v) is 4.84. The van der Waals surface area contributed by atoms with Gasteiger partial charge in [-0.15, -0.1) is 0 Å². The summed E-state index contributed by atoms with van der Waals surface area (Å²) in [6, 6.07) is 4.09. The van der Waals surface area contributed by atoms with Crippen molar-refractivity contribution in [2.45, 2.75) is 18.1 Å². The Morgan fingerprint density at radius 3 is 3.10 bits per heavy atom. The van der Waals surface area contributed by atoms with Crippen molar-refractivity contribution in [2.75, 3.05) is 5.75 Å². The van der Waals surface area contributed by atoms with Gasteiger partial charge in [0, 0.05) is 6.20 Å². The van der Waals surface area contributed by atoms with Crippen molar-refractivity contribution < 1.29 is 9.90 Å². The smallest absolute Gasteiger partial charge is 0.313 e. The molecule has 0 aliphatic heterocycles. The number of carbonyl (C=O) groups is 1. The summed E-state index contributed by atoms with van der Waals surface area (Å²) in [5.74, 6) is -0.854. The van der Waals surface area contributed by atoms with E-state index in [1.807, 2.05) is 11.4 Å². The second-order valence-corrected chi connectivity index (χ2v) is 6.27. The number of aromatic nitrogens is 3. The highest BCUT2D eigenvalue weighted by atomic mass is 32.2. The summed E-state index contributed by atoms with van der Waals surface area (Å²) in [4.78, 5) is 19.4. The van der Waals surface area contributed by atoms with Gasteiger partial charge >= 0.3 is 5.97 Å². The molecule has 3 aromatic rings. The number of fused-ring (bicyclic) bond motifs is 1. The van der Waals surface area contributed by atoms with Gasteiger partial charge in [0.05, 0.1) is 23.5 Å². The lowest BCUT2D eigenvalue weighted by atomic mass is 10.2. The van der Waals surface area contributed by atoms with Crippen LogP contribution in [0.5, 0.6) is 0 Å². The molecular formula is C14H13N3O2S2. The van der Waals surface area contributed by atoms with Gasteiger partial charge in [-0.1, -0.05) is 11.8 Å². The lowest BCUT2D eigenvalue weighted by molar-refractivity contribution is -0.133. The van der Waals surface area contributed by atoms with E-state index in [1.165, 1.54) is 17.3 Å². The molecule has 5 nitrogen and oxygen atoms in total. The molecule has 0 fully saturated rings. The van der Waals surface area contributed by atoms with Crippen LogP contribution in [0.4, 0.5) is 0 Å². The second kappa shape index (κ2) is 5.87. The topological polar surface area (TPSA) is 68.0 Å². The summed E-state index contributed by atoms with van der Waals surface area (Å²) >= 11 is 2.88. The van der Waals surface area contributed by atoms with Crippen LogP contribution < -0.4 is 0 Å². The van der Waals surface area contributed by atoms with Crippen LogP contribution in [0.3, 0.4) is 0 Å². The van der Waals surface area contributed by atoms with Gasteiger partial charge < -0.3 is 9.67 Å². The number of hydrogen-bond acceptors (Lipinski definition) is 5. The lowest BCUT2D eigenvalue weighted by Gasteiger charge is -2.16. The molecule has 0 saturated heterocycles. The minimum atomic E-state index is -0.847. The predicted molar refractivity (Wildman–Crippen MR) is 84.0 cm³/mol. The third kappa shape index (κ3) is 2.79. The highest BCUT2D eigenvalue weighted by Gasteiger charge is 2.18. The van der Waals surface area contributed by atoms with Gasteiger partial charge in [-0.2, -0.15) is 11.3 Å². The highest BCUT2D eigenvalue weighted by molar-refractivity contribution is 7.99. The molecule has 0 aliphatic rings. The SMILES string of the molecule is CC(c1ccsc1)n1c(SCC(=O)O)nc2cnccc21. The van der Waals surface area contributed by atoms with Gasteiger partial charge in [0.1, 0.15) is 5.52 Å². The van der Waals surface area contributed by atoms with E-state index >= 15 is 0 Å². The quantitative estimate of drug-likeness (QED) is 0.731. The van der Waals surface area contributed by atoms with Gasteiger partial charge in [-0.05, 0) is 35.4 Å². The standard InChI is InChI=1S/C14H13N3O2S2/c1-9(10-3-5-20-7-10)17-12-2-4-15-6-11(12)16-14(17)21-8-13(18)19/h2-7,9H,8H2,1H3,(H,18,19). The molecule has 0 bridgehead atoms. The van der Waals surface area contributed by atoms with Crippen molar-refractivity contribution in [1.29, 1.82) is 0 Å². The molecule has 3 heterocycles. The number of carboxylic acid groups (broad SMARTS) is 1. The average molecular weight is 319 g/mol. The average Bonchev–Trinajstić information content (AvgIpc) is 3.11. The lowest BCUT2D eigenvalue weighted by Crippen LogP contribution is -2.08. The molecule has 3 rings (SSSR count). The minimum absolute atomic E-state index is 0.00684. The van der Waals surface area contributed by atoms with Crippen molar-refractivity contribution >= 4 is 40.1 Å². The van der Waals surface area contributed by atoms with E-state index in [-0.39, 0.29) is 11.8 Å². The van der Waals surface area contributed by atoms with Gasteiger partial charge in [-0.25, -0.2) is 4.98 Å². The molecule has 0 radical (unpaired) electrons. The predicted octanol–water partition coefficient (Wildman–Crippen LogP) is 3.28. The Morgan fingerprint density at radius 1 is 1.52 bits per heavy atom. The van der Waals surface area contributed by atoms with Crippen LogP contribution in [0.15, 0.2) is 40.4 Å². The van der Waals surface area contributed by atoms with Crippen LogP contribution in [0.2, 0.25) is 0 Å². The van der Waals surface area contributed by atoms with Crippen LogP contribution in [0, 0.1) is 0 Å². The maximum atomic E-state index is 10.8. The van der Waals surface area contributed by atoms with Crippen molar-refractivity contribution in [1.82, 2.24) is 14.5 Å². The number of carboxylic acids is 1. The molecular weight excluding hydrogens is 306 g/mol. The fourth-order valence-corrected chi connectivity index (χ4v) is 3.75. The molecule has 1 N–H and O–H groups in total. The molecule has 21 heavy (non-hydrogen) atoms. The molecule has 0 aromatic carbocycles. The first-order valence-corrected chi connectivity index (χ1v) is 8.28. The number of aliphatic carboxylic acids is 1. The summed E-state index contributed by atoms with van der Waals surface area (Å²) < 4.78 is 2.08. The normalized spacial score (nSPS) is 12.6. The summed E-state index contributed by atoms with van der Waals surface area (Å²) in [5.41, 5.74) is 2.94. The largest absolute Gasteiger partial charge is 0.481 e. The zero-order chi connectivity index (χ0) is 14.8. The second-order valence-electron chi connectivity index (χ2n) is 4.54. The molecule has 0 amide bonds. The van der Waals surface area contributed by atoms with Crippen LogP contribution in [0.25, 0.3) is 11.0 Å². The first kappa shape index (κ1) is 14.1. The monoisotopic (exact) mass is 319 g/mol. The first-order valence-electron chi connectivity index (χ1n) is 6.35. The van der Waals surface area contributed by atoms with Crippen LogP contribution >= 0.6 is 23.1 Å². The highest BCUT2D eigenvalue weighted by Crippen LogP contribution is 2.31. The van der Waals surface area contributed by atoms with E-state index in [0.717, 1.165) is 11.0 Å². The Kier molecular flexibility index (Phi) is 3.94. The molecule has 108 valence electrons.